The first-order chi connectivity index (χ1) is 7.65. The zero-order valence-electron chi connectivity index (χ0n) is 9.40. The highest BCUT2D eigenvalue weighted by atomic mass is 19.1. The van der Waals surface area contributed by atoms with Crippen molar-refractivity contribution in [2.75, 3.05) is 0 Å². The minimum absolute atomic E-state index is 0.536. The second kappa shape index (κ2) is 4.47. The minimum Gasteiger partial charge on any atom is -0.325 e. The van der Waals surface area contributed by atoms with E-state index in [0.29, 0.717) is 11.6 Å². The van der Waals surface area contributed by atoms with E-state index in [1.807, 2.05) is 24.3 Å². The second-order valence-corrected chi connectivity index (χ2v) is 4.31. The lowest BCUT2D eigenvalue weighted by molar-refractivity contribution is 0.283. The van der Waals surface area contributed by atoms with Gasteiger partial charge in [-0.25, -0.2) is 0 Å². The monoisotopic (exact) mass is 219 g/mol. The van der Waals surface area contributed by atoms with Gasteiger partial charge in [0.15, 0.2) is 0 Å². The molecule has 1 aromatic carbocycles. The molecule has 2 aromatic rings. The van der Waals surface area contributed by atoms with Crippen LogP contribution in [-0.2, 0) is 6.42 Å². The maximum atomic E-state index is 12.6. The summed E-state index contributed by atoms with van der Waals surface area (Å²) < 4.78 is 17.0. The molecule has 84 valence electrons. The van der Waals surface area contributed by atoms with Crippen molar-refractivity contribution in [2.24, 2.45) is 5.92 Å². The van der Waals surface area contributed by atoms with Crippen molar-refractivity contribution in [1.82, 2.24) is 5.16 Å². The van der Waals surface area contributed by atoms with E-state index >= 15 is 0 Å². The van der Waals surface area contributed by atoms with Gasteiger partial charge in [-0.2, -0.15) is 4.39 Å². The largest absolute Gasteiger partial charge is 0.325 e. The summed E-state index contributed by atoms with van der Waals surface area (Å²) in [5.74, 6) is 0.635. The number of hydrogen-bond acceptors (Lipinski definition) is 2. The molecule has 16 heavy (non-hydrogen) atoms. The van der Waals surface area contributed by atoms with E-state index in [1.54, 1.807) is 0 Å². The van der Waals surface area contributed by atoms with E-state index in [0.717, 1.165) is 12.0 Å². The Labute approximate surface area is 94.1 Å². The minimum atomic E-state index is -0.652. The van der Waals surface area contributed by atoms with Crippen LogP contribution in [0.1, 0.15) is 19.4 Å². The normalized spacial score (nSPS) is 11.0. The lowest BCUT2D eigenvalue weighted by Gasteiger charge is -2.04. The molecule has 0 saturated carbocycles. The van der Waals surface area contributed by atoms with Gasteiger partial charge in [0, 0.05) is 11.6 Å². The van der Waals surface area contributed by atoms with Gasteiger partial charge in [0.05, 0.1) is 0 Å². The van der Waals surface area contributed by atoms with E-state index in [9.17, 15) is 4.39 Å². The fourth-order valence-corrected chi connectivity index (χ4v) is 1.67. The molecule has 0 aliphatic heterocycles. The smallest absolute Gasteiger partial charge is 0.306 e. The molecular weight excluding hydrogens is 205 g/mol. The van der Waals surface area contributed by atoms with Gasteiger partial charge in [0.25, 0.3) is 0 Å². The summed E-state index contributed by atoms with van der Waals surface area (Å²) in [6.07, 6.45) is 1.05. The summed E-state index contributed by atoms with van der Waals surface area (Å²) >= 11 is 0. The SMILES string of the molecule is CC(C)Cc1ccc(-c2cc(F)on2)cc1. The molecule has 0 saturated heterocycles. The average Bonchev–Trinajstić information content (AvgIpc) is 2.65. The van der Waals surface area contributed by atoms with Crippen LogP contribution in [0.3, 0.4) is 0 Å². The van der Waals surface area contributed by atoms with Crippen molar-refractivity contribution in [1.29, 1.82) is 0 Å². The van der Waals surface area contributed by atoms with Crippen LogP contribution in [0.15, 0.2) is 34.9 Å². The molecule has 0 atom stereocenters. The average molecular weight is 219 g/mol. The number of benzene rings is 1. The van der Waals surface area contributed by atoms with Gasteiger partial charge in [-0.3, -0.25) is 0 Å². The summed E-state index contributed by atoms with van der Waals surface area (Å²) in [5.41, 5.74) is 2.69. The lowest BCUT2D eigenvalue weighted by Crippen LogP contribution is -1.93. The van der Waals surface area contributed by atoms with Gasteiger partial charge < -0.3 is 4.52 Å². The van der Waals surface area contributed by atoms with E-state index in [1.165, 1.54) is 11.6 Å². The standard InChI is InChI=1S/C13H14FNO/c1-9(2)7-10-3-5-11(6-4-10)12-8-13(14)16-15-12/h3-6,8-9H,7H2,1-2H3. The topological polar surface area (TPSA) is 26.0 Å². The van der Waals surface area contributed by atoms with Crippen molar-refractivity contribution in [3.63, 3.8) is 0 Å². The van der Waals surface area contributed by atoms with Crippen LogP contribution in [0.25, 0.3) is 11.3 Å². The Bertz CT molecular complexity index is 459. The molecule has 0 aliphatic carbocycles. The second-order valence-electron chi connectivity index (χ2n) is 4.31. The third-order valence-electron chi connectivity index (χ3n) is 2.38. The highest BCUT2D eigenvalue weighted by Gasteiger charge is 2.05. The Morgan fingerprint density at radius 3 is 2.44 bits per heavy atom. The Hall–Kier alpha value is -1.64. The summed E-state index contributed by atoms with van der Waals surface area (Å²) in [6.45, 7) is 4.36. The maximum absolute atomic E-state index is 12.6. The molecule has 3 heteroatoms. The van der Waals surface area contributed by atoms with Gasteiger partial charge in [-0.05, 0) is 17.9 Å². The van der Waals surface area contributed by atoms with Gasteiger partial charge in [0.2, 0.25) is 0 Å². The van der Waals surface area contributed by atoms with Crippen LogP contribution in [0.4, 0.5) is 4.39 Å². The van der Waals surface area contributed by atoms with Crippen LogP contribution in [0.5, 0.6) is 0 Å². The lowest BCUT2D eigenvalue weighted by atomic mass is 10.0. The first-order valence-corrected chi connectivity index (χ1v) is 5.36. The van der Waals surface area contributed by atoms with E-state index in [2.05, 4.69) is 23.5 Å². The first kappa shape index (κ1) is 10.9. The van der Waals surface area contributed by atoms with Crippen LogP contribution in [0, 0.1) is 11.9 Å². The van der Waals surface area contributed by atoms with Gasteiger partial charge in [0.1, 0.15) is 5.69 Å². The van der Waals surface area contributed by atoms with Gasteiger partial charge >= 0.3 is 6.01 Å². The molecular formula is C13H14FNO. The summed E-state index contributed by atoms with van der Waals surface area (Å²) in [6, 6.07) is 8.60. The molecule has 0 spiro atoms. The summed E-state index contributed by atoms with van der Waals surface area (Å²) in [4.78, 5) is 0. The zero-order valence-corrected chi connectivity index (χ0v) is 9.40. The number of nitrogens with zero attached hydrogens (tertiary/aromatic N) is 1. The van der Waals surface area contributed by atoms with Crippen molar-refractivity contribution in [3.05, 3.63) is 41.9 Å². The zero-order chi connectivity index (χ0) is 11.5. The molecule has 2 rings (SSSR count). The number of hydrogen-bond donors (Lipinski definition) is 0. The van der Waals surface area contributed by atoms with Crippen LogP contribution < -0.4 is 0 Å². The van der Waals surface area contributed by atoms with Crippen molar-refractivity contribution < 1.29 is 8.91 Å². The molecule has 2 nitrogen and oxygen atoms in total. The Morgan fingerprint density at radius 2 is 1.94 bits per heavy atom. The molecule has 0 bridgehead atoms. The molecule has 1 aromatic heterocycles. The third kappa shape index (κ3) is 2.48. The third-order valence-corrected chi connectivity index (χ3v) is 2.38. The highest BCUT2D eigenvalue weighted by molar-refractivity contribution is 5.58. The fourth-order valence-electron chi connectivity index (χ4n) is 1.67. The number of halogens is 1. The van der Waals surface area contributed by atoms with Gasteiger partial charge in [-0.1, -0.05) is 43.3 Å². The first-order valence-electron chi connectivity index (χ1n) is 5.36. The molecule has 0 fully saturated rings. The molecule has 0 N–H and O–H groups in total. The van der Waals surface area contributed by atoms with Crippen molar-refractivity contribution in [2.45, 2.75) is 20.3 Å². The Kier molecular flexibility index (Phi) is 3.04. The highest BCUT2D eigenvalue weighted by Crippen LogP contribution is 2.20. The quantitative estimate of drug-likeness (QED) is 0.787. The molecule has 0 radical (unpaired) electrons. The van der Waals surface area contributed by atoms with Crippen LogP contribution in [0.2, 0.25) is 0 Å². The molecule has 0 unspecified atom stereocenters. The summed E-state index contributed by atoms with van der Waals surface area (Å²) in [5, 5.41) is 3.63. The van der Waals surface area contributed by atoms with Crippen molar-refractivity contribution in [3.8, 4) is 11.3 Å². The van der Waals surface area contributed by atoms with Crippen LogP contribution >= 0.6 is 0 Å². The number of rotatable bonds is 3. The van der Waals surface area contributed by atoms with Crippen LogP contribution in [-0.4, -0.2) is 5.16 Å². The van der Waals surface area contributed by atoms with Crippen molar-refractivity contribution >= 4 is 0 Å². The Balaban J connectivity index is 2.19. The molecule has 0 aliphatic rings. The maximum Gasteiger partial charge on any atom is 0.306 e. The predicted octanol–water partition coefficient (Wildman–Crippen LogP) is 3.68. The molecule has 0 amide bonds. The Morgan fingerprint density at radius 1 is 1.25 bits per heavy atom. The van der Waals surface area contributed by atoms with E-state index < -0.39 is 6.01 Å². The van der Waals surface area contributed by atoms with E-state index in [-0.39, 0.29) is 0 Å². The van der Waals surface area contributed by atoms with E-state index in [4.69, 9.17) is 0 Å². The van der Waals surface area contributed by atoms with Gasteiger partial charge in [-0.15, -0.1) is 0 Å². The predicted molar refractivity (Wildman–Crippen MR) is 60.4 cm³/mol. The fraction of sp³-hybridized carbons (Fsp3) is 0.308. The molecule has 1 heterocycles. The number of aromatic nitrogens is 1. The summed E-state index contributed by atoms with van der Waals surface area (Å²) in [7, 11) is 0.